The number of carbonyl (C=O) groups is 3. The zero-order valence-corrected chi connectivity index (χ0v) is 36.3. The van der Waals surface area contributed by atoms with Gasteiger partial charge in [-0.15, -0.1) is 5.06 Å². The fourth-order valence-electron chi connectivity index (χ4n) is 8.32. The largest absolute Gasteiger partial charge is 0.394 e. The Balaban J connectivity index is 1.18. The van der Waals surface area contributed by atoms with Crippen molar-refractivity contribution in [1.29, 1.82) is 0 Å². The highest BCUT2D eigenvalue weighted by molar-refractivity contribution is 6.01. The lowest BCUT2D eigenvalue weighted by molar-refractivity contribution is -0.407. The summed E-state index contributed by atoms with van der Waals surface area (Å²) in [5.41, 5.74) is 0. The lowest BCUT2D eigenvalue weighted by atomic mass is 9.95. The first kappa shape index (κ1) is 55.9. The van der Waals surface area contributed by atoms with Gasteiger partial charge in [0, 0.05) is 12.8 Å². The van der Waals surface area contributed by atoms with E-state index in [9.17, 15) is 96.1 Å². The minimum Gasteiger partial charge on any atom is -0.394 e. The van der Waals surface area contributed by atoms with Gasteiger partial charge in [0.2, 0.25) is 0 Å². The van der Waals surface area contributed by atoms with E-state index in [2.05, 4.69) is 0 Å². The number of hydrogen-bond donors (Lipinski definition) is 16. The van der Waals surface area contributed by atoms with E-state index < -0.39 is 204 Å². The van der Waals surface area contributed by atoms with Crippen molar-refractivity contribution in [2.45, 2.75) is 179 Å². The maximum Gasteiger partial charge on any atom is 0.333 e. The van der Waals surface area contributed by atoms with Gasteiger partial charge in [-0.3, -0.25) is 9.59 Å². The predicted octanol–water partition coefficient (Wildman–Crippen LogP) is -11.5. The van der Waals surface area contributed by atoms with Crippen LogP contribution >= 0.6 is 0 Å². The van der Waals surface area contributed by atoms with Crippen LogP contribution in [0.3, 0.4) is 0 Å². The molecule has 398 valence electrons. The summed E-state index contributed by atoms with van der Waals surface area (Å²) < 4.78 is 56.5. The minimum atomic E-state index is -2.23. The zero-order chi connectivity index (χ0) is 50.6. The fourth-order valence-corrected chi connectivity index (χ4v) is 8.32. The van der Waals surface area contributed by atoms with Crippen molar-refractivity contribution in [3.05, 3.63) is 0 Å². The minimum absolute atomic E-state index is 0.126. The van der Waals surface area contributed by atoms with E-state index in [1.807, 2.05) is 0 Å². The summed E-state index contributed by atoms with van der Waals surface area (Å²) in [5, 5.41) is 171. The number of hydrogen-bond acceptors (Lipinski definition) is 30. The first-order valence-corrected chi connectivity index (χ1v) is 21.9. The molecule has 0 spiro atoms. The Morgan fingerprint density at radius 3 is 1.25 bits per heavy atom. The molecule has 0 saturated carbocycles. The van der Waals surface area contributed by atoms with Crippen molar-refractivity contribution in [2.24, 2.45) is 0 Å². The molecule has 69 heavy (non-hydrogen) atoms. The van der Waals surface area contributed by atoms with Crippen LogP contribution < -0.4 is 0 Å². The van der Waals surface area contributed by atoms with Gasteiger partial charge in [0.05, 0.1) is 46.1 Å². The summed E-state index contributed by atoms with van der Waals surface area (Å²) in [6.45, 7) is -5.18. The summed E-state index contributed by atoms with van der Waals surface area (Å²) in [6.07, 6.45) is -49.5. The van der Waals surface area contributed by atoms with Crippen molar-refractivity contribution in [3.8, 4) is 0 Å². The van der Waals surface area contributed by atoms with Gasteiger partial charge in [-0.1, -0.05) is 0 Å². The Kier molecular flexibility index (Phi) is 19.9. The number of amides is 2. The number of aliphatic hydroxyl groups is 16. The summed E-state index contributed by atoms with van der Waals surface area (Å²) in [6, 6.07) is 0. The second kappa shape index (κ2) is 24.5. The van der Waals surface area contributed by atoms with Gasteiger partial charge in [-0.25, -0.2) is 4.79 Å². The molecule has 2 amide bonds. The summed E-state index contributed by atoms with van der Waals surface area (Å²) in [4.78, 5) is 40.5. The van der Waals surface area contributed by atoms with Crippen LogP contribution in [0.15, 0.2) is 0 Å². The van der Waals surface area contributed by atoms with Gasteiger partial charge >= 0.3 is 5.97 Å². The van der Waals surface area contributed by atoms with E-state index in [1.165, 1.54) is 0 Å². The van der Waals surface area contributed by atoms with E-state index in [0.29, 0.717) is 5.06 Å². The number of imide groups is 1. The third kappa shape index (κ3) is 12.2. The number of rotatable bonds is 19. The Morgan fingerprint density at radius 1 is 0.435 bits per heavy atom. The SMILES string of the molecule is O=C(CCCO[C@H]1OC(CO)[C@@H](O)[C@H](O[C@H]2OC(CO)[C@@H](O)[C@H](O[C@H]3OC(CO)[C@@H](O)[C@H](O)C3O[C@H]3OC(CO)[C@@H](O)[C@H](O)C3O[C@H]3OC(CO)[C@@H](O)[C@H](O)C3O)C2O)C1O)ON1C(=O)CCC1=O. The molecule has 25 atom stereocenters. The van der Waals surface area contributed by atoms with Crippen LogP contribution in [0.4, 0.5) is 0 Å². The van der Waals surface area contributed by atoms with Gasteiger partial charge < -0.3 is 134 Å². The van der Waals surface area contributed by atoms with Crippen LogP contribution in [0.5, 0.6) is 0 Å². The molecule has 10 unspecified atom stereocenters. The molecule has 0 aliphatic carbocycles. The van der Waals surface area contributed by atoms with Crippen LogP contribution in [-0.2, 0) is 66.6 Å². The molecule has 31 heteroatoms. The van der Waals surface area contributed by atoms with Crippen molar-refractivity contribution < 1.29 is 148 Å². The van der Waals surface area contributed by atoms with Crippen molar-refractivity contribution in [2.75, 3.05) is 39.6 Å². The third-order valence-corrected chi connectivity index (χ3v) is 12.3. The highest BCUT2D eigenvalue weighted by Crippen LogP contribution is 2.36. The molecule has 6 aliphatic heterocycles. The van der Waals surface area contributed by atoms with Crippen molar-refractivity contribution >= 4 is 17.8 Å². The second-order valence-electron chi connectivity index (χ2n) is 16.9. The molecule has 6 rings (SSSR count). The van der Waals surface area contributed by atoms with Gasteiger partial charge in [-0.2, -0.15) is 0 Å². The third-order valence-electron chi connectivity index (χ3n) is 12.3. The van der Waals surface area contributed by atoms with E-state index >= 15 is 0 Å². The first-order chi connectivity index (χ1) is 32.8. The molecule has 31 nitrogen and oxygen atoms in total. The quantitative estimate of drug-likeness (QED) is 0.0422. The first-order valence-electron chi connectivity index (χ1n) is 21.9. The molecule has 0 aromatic rings. The van der Waals surface area contributed by atoms with Gasteiger partial charge in [0.1, 0.15) is 122 Å². The molecule has 0 bridgehead atoms. The topological polar surface area (TPSA) is 480 Å². The zero-order valence-electron chi connectivity index (χ0n) is 36.3. The molecule has 6 saturated heterocycles. The van der Waals surface area contributed by atoms with Crippen LogP contribution in [0.25, 0.3) is 0 Å². The molecule has 0 radical (unpaired) electrons. The molecule has 16 N–H and O–H groups in total. The standard InChI is InChI=1S/C38H61NO30/c40-6-11-19(48)24(53)27(56)35(61-11)67-32-25(54)20(49)13(8-42)64-38(32)68-33-26(55)21(50)12(7-41)63-37(33)66-31-23(52)15(10-44)62-36(29(31)58)65-30-22(51)14(9-43)60-34(28(30)57)59-5-1-2-18(47)69-39-16(45)3-4-17(39)46/h11-15,19-38,40-44,48-58H,1-10H2/t11?,12?,13?,14?,15?,19-,20-,21-,22-,23-,24+,25+,26+,27?,28?,29?,30+,31+,32?,33?,34+,35-,36-,37-,38-/m1/s1. The normalized spacial score (nSPS) is 46.6. The number of nitrogens with zero attached hydrogens (tertiary/aromatic N) is 1. The number of ether oxygens (including phenoxy) is 10. The van der Waals surface area contributed by atoms with E-state index in [-0.39, 0.29) is 32.3 Å². The maximum atomic E-state index is 12.2. The number of carbonyl (C=O) groups excluding carboxylic acids is 3. The fraction of sp³-hybridized carbons (Fsp3) is 0.921. The number of hydroxylamine groups is 2. The molecular formula is C38H61NO30. The summed E-state index contributed by atoms with van der Waals surface area (Å²) in [7, 11) is 0. The van der Waals surface area contributed by atoms with Crippen molar-refractivity contribution in [3.63, 3.8) is 0 Å². The van der Waals surface area contributed by atoms with Crippen LogP contribution in [0, 0.1) is 0 Å². The van der Waals surface area contributed by atoms with Gasteiger partial charge in [0.15, 0.2) is 31.5 Å². The average molecular weight is 1010 g/mol. The smallest absolute Gasteiger partial charge is 0.333 e. The van der Waals surface area contributed by atoms with Crippen LogP contribution in [-0.4, -0.2) is 298 Å². The van der Waals surface area contributed by atoms with Gasteiger partial charge in [0.25, 0.3) is 11.8 Å². The highest BCUT2D eigenvalue weighted by atomic mass is 16.8. The van der Waals surface area contributed by atoms with Crippen molar-refractivity contribution in [1.82, 2.24) is 5.06 Å². The van der Waals surface area contributed by atoms with E-state index in [0.717, 1.165) is 0 Å². The number of aliphatic hydroxyl groups excluding tert-OH is 16. The lowest BCUT2D eigenvalue weighted by Crippen LogP contribution is -2.68. The molecule has 6 fully saturated rings. The maximum absolute atomic E-state index is 12.2. The Labute approximate surface area is 389 Å². The summed E-state index contributed by atoms with van der Waals surface area (Å²) >= 11 is 0. The van der Waals surface area contributed by atoms with Gasteiger partial charge in [-0.05, 0) is 6.42 Å². The molecule has 0 aromatic heterocycles. The molecule has 6 aliphatic rings. The predicted molar refractivity (Wildman–Crippen MR) is 207 cm³/mol. The Morgan fingerprint density at radius 2 is 0.783 bits per heavy atom. The second-order valence-corrected chi connectivity index (χ2v) is 16.9. The monoisotopic (exact) mass is 1010 g/mol. The highest BCUT2D eigenvalue weighted by Gasteiger charge is 2.57. The molecule has 0 aromatic carbocycles. The lowest BCUT2D eigenvalue weighted by Gasteiger charge is -2.50. The molecular weight excluding hydrogens is 950 g/mol. The Bertz CT molecular complexity index is 1650. The summed E-state index contributed by atoms with van der Waals surface area (Å²) in [5.74, 6) is -2.37. The van der Waals surface area contributed by atoms with E-state index in [1.54, 1.807) is 0 Å². The van der Waals surface area contributed by atoms with E-state index in [4.69, 9.17) is 52.2 Å². The van der Waals surface area contributed by atoms with Crippen LogP contribution in [0.2, 0.25) is 0 Å². The average Bonchev–Trinajstić information content (AvgIpc) is 3.65. The van der Waals surface area contributed by atoms with Crippen LogP contribution in [0.1, 0.15) is 25.7 Å². The Hall–Kier alpha value is -2.43. The molecule has 6 heterocycles.